The molecule has 0 aromatic heterocycles. The summed E-state index contributed by atoms with van der Waals surface area (Å²) >= 11 is 0. The molecule has 3 rings (SSSR count). The van der Waals surface area contributed by atoms with Crippen molar-refractivity contribution in [1.82, 2.24) is 16.0 Å². The van der Waals surface area contributed by atoms with Crippen LogP contribution in [-0.4, -0.2) is 37.5 Å². The van der Waals surface area contributed by atoms with Gasteiger partial charge in [-0.25, -0.2) is 0 Å². The van der Waals surface area contributed by atoms with Crippen molar-refractivity contribution in [2.45, 2.75) is 76.7 Å². The third-order valence-corrected chi connectivity index (χ3v) is 6.43. The molecule has 26 heavy (non-hydrogen) atoms. The van der Waals surface area contributed by atoms with E-state index in [1.165, 1.54) is 32.1 Å². The highest BCUT2D eigenvalue weighted by Crippen LogP contribution is 2.28. The molecule has 0 bridgehead atoms. The molecular formula is C20H36ClN3O2. The van der Waals surface area contributed by atoms with Crippen molar-refractivity contribution in [3.05, 3.63) is 0 Å². The Morgan fingerprint density at radius 1 is 0.923 bits per heavy atom. The van der Waals surface area contributed by atoms with Crippen LogP contribution in [0.3, 0.4) is 0 Å². The van der Waals surface area contributed by atoms with Crippen molar-refractivity contribution >= 4 is 24.2 Å². The SMILES string of the molecule is Cl.O=C(CC1CCCC1)NC1CCC(C(=O)NCCC2CCNC2)CC1. The lowest BCUT2D eigenvalue weighted by Gasteiger charge is -2.29. The largest absolute Gasteiger partial charge is 0.356 e. The van der Waals surface area contributed by atoms with E-state index in [2.05, 4.69) is 16.0 Å². The fourth-order valence-electron chi connectivity index (χ4n) is 4.77. The first-order valence-electron chi connectivity index (χ1n) is 10.5. The normalized spacial score (nSPS) is 29.2. The van der Waals surface area contributed by atoms with Crippen LogP contribution in [0.4, 0.5) is 0 Å². The second-order valence-electron chi connectivity index (χ2n) is 8.41. The van der Waals surface area contributed by atoms with Gasteiger partial charge in [0.05, 0.1) is 0 Å². The summed E-state index contributed by atoms with van der Waals surface area (Å²) in [5, 5.41) is 9.71. The van der Waals surface area contributed by atoms with Gasteiger partial charge in [-0.05, 0) is 76.3 Å². The Bertz CT molecular complexity index is 440. The zero-order valence-electron chi connectivity index (χ0n) is 15.9. The number of nitrogens with one attached hydrogen (secondary N) is 3. The average molecular weight is 386 g/mol. The van der Waals surface area contributed by atoms with Crippen LogP contribution < -0.4 is 16.0 Å². The van der Waals surface area contributed by atoms with Crippen LogP contribution in [0.5, 0.6) is 0 Å². The second-order valence-corrected chi connectivity index (χ2v) is 8.41. The number of carbonyl (C=O) groups excluding carboxylic acids is 2. The molecule has 1 aliphatic heterocycles. The zero-order valence-corrected chi connectivity index (χ0v) is 16.8. The molecule has 1 heterocycles. The van der Waals surface area contributed by atoms with Gasteiger partial charge in [0, 0.05) is 24.9 Å². The lowest BCUT2D eigenvalue weighted by atomic mass is 9.85. The van der Waals surface area contributed by atoms with Gasteiger partial charge in [-0.3, -0.25) is 9.59 Å². The molecular weight excluding hydrogens is 350 g/mol. The van der Waals surface area contributed by atoms with Crippen LogP contribution in [-0.2, 0) is 9.59 Å². The van der Waals surface area contributed by atoms with Gasteiger partial charge in [0.2, 0.25) is 11.8 Å². The van der Waals surface area contributed by atoms with Crippen molar-refractivity contribution in [3.63, 3.8) is 0 Å². The quantitative estimate of drug-likeness (QED) is 0.631. The average Bonchev–Trinajstić information content (AvgIpc) is 3.29. The summed E-state index contributed by atoms with van der Waals surface area (Å²) in [5.41, 5.74) is 0. The summed E-state index contributed by atoms with van der Waals surface area (Å²) in [6.45, 7) is 3.03. The van der Waals surface area contributed by atoms with Gasteiger partial charge >= 0.3 is 0 Å². The molecule has 3 aliphatic rings. The molecule has 0 aromatic rings. The van der Waals surface area contributed by atoms with Gasteiger partial charge in [0.1, 0.15) is 0 Å². The third kappa shape index (κ3) is 6.73. The Labute approximate surface area is 164 Å². The summed E-state index contributed by atoms with van der Waals surface area (Å²) in [6.07, 6.45) is 11.8. The minimum Gasteiger partial charge on any atom is -0.356 e. The molecule has 1 saturated heterocycles. The van der Waals surface area contributed by atoms with Crippen LogP contribution in [0.1, 0.15) is 70.6 Å². The highest BCUT2D eigenvalue weighted by atomic mass is 35.5. The monoisotopic (exact) mass is 385 g/mol. The zero-order chi connectivity index (χ0) is 17.5. The van der Waals surface area contributed by atoms with Crippen molar-refractivity contribution in [2.24, 2.45) is 17.8 Å². The molecule has 2 aliphatic carbocycles. The number of rotatable bonds is 7. The molecule has 2 saturated carbocycles. The summed E-state index contributed by atoms with van der Waals surface area (Å²) < 4.78 is 0. The van der Waals surface area contributed by atoms with Crippen LogP contribution in [0.25, 0.3) is 0 Å². The van der Waals surface area contributed by atoms with Gasteiger partial charge in [-0.2, -0.15) is 0 Å². The van der Waals surface area contributed by atoms with Crippen molar-refractivity contribution in [1.29, 1.82) is 0 Å². The molecule has 150 valence electrons. The van der Waals surface area contributed by atoms with Crippen molar-refractivity contribution in [2.75, 3.05) is 19.6 Å². The Kier molecular flexibility index (Phi) is 9.20. The molecule has 5 nitrogen and oxygen atoms in total. The molecule has 1 unspecified atom stereocenters. The Morgan fingerprint density at radius 3 is 2.31 bits per heavy atom. The Balaban J connectivity index is 0.00000243. The van der Waals surface area contributed by atoms with Crippen LogP contribution >= 0.6 is 12.4 Å². The fraction of sp³-hybridized carbons (Fsp3) is 0.900. The number of amides is 2. The first-order chi connectivity index (χ1) is 12.2. The first kappa shape index (κ1) is 21.5. The third-order valence-electron chi connectivity index (χ3n) is 6.43. The molecule has 3 N–H and O–H groups in total. The first-order valence-corrected chi connectivity index (χ1v) is 10.5. The molecule has 1 atom stereocenters. The van der Waals surface area contributed by atoms with Gasteiger partial charge in [-0.1, -0.05) is 12.8 Å². The van der Waals surface area contributed by atoms with E-state index in [1.54, 1.807) is 0 Å². The van der Waals surface area contributed by atoms with E-state index in [1.807, 2.05) is 0 Å². The Hall–Kier alpha value is -0.810. The van der Waals surface area contributed by atoms with E-state index in [0.717, 1.165) is 57.7 Å². The second kappa shape index (κ2) is 11.1. The lowest BCUT2D eigenvalue weighted by Crippen LogP contribution is -2.41. The van der Waals surface area contributed by atoms with Crippen molar-refractivity contribution < 1.29 is 9.59 Å². The topological polar surface area (TPSA) is 70.2 Å². The molecule has 0 spiro atoms. The standard InChI is InChI=1S/C20H35N3O2.ClH/c24-19(13-15-3-1-2-4-15)23-18-7-5-17(6-8-18)20(25)22-12-10-16-9-11-21-14-16;/h15-18,21H,1-14H2,(H,22,25)(H,23,24);1H. The van der Waals surface area contributed by atoms with Gasteiger partial charge < -0.3 is 16.0 Å². The molecule has 2 amide bonds. The van der Waals surface area contributed by atoms with Crippen LogP contribution in [0.2, 0.25) is 0 Å². The van der Waals surface area contributed by atoms with Crippen LogP contribution in [0, 0.1) is 17.8 Å². The smallest absolute Gasteiger partial charge is 0.223 e. The van der Waals surface area contributed by atoms with Gasteiger partial charge in [0.15, 0.2) is 0 Å². The maximum absolute atomic E-state index is 12.3. The van der Waals surface area contributed by atoms with E-state index >= 15 is 0 Å². The van der Waals surface area contributed by atoms with E-state index in [-0.39, 0.29) is 36.2 Å². The minimum atomic E-state index is 0. The molecule has 6 heteroatoms. The lowest BCUT2D eigenvalue weighted by molar-refractivity contribution is -0.126. The Morgan fingerprint density at radius 2 is 1.65 bits per heavy atom. The summed E-state index contributed by atoms with van der Waals surface area (Å²) in [7, 11) is 0. The fourth-order valence-corrected chi connectivity index (χ4v) is 4.77. The minimum absolute atomic E-state index is 0. The van der Waals surface area contributed by atoms with E-state index in [4.69, 9.17) is 0 Å². The number of hydrogen-bond donors (Lipinski definition) is 3. The van der Waals surface area contributed by atoms with E-state index in [0.29, 0.717) is 12.3 Å². The molecule has 0 radical (unpaired) electrons. The highest BCUT2D eigenvalue weighted by Gasteiger charge is 2.28. The molecule has 3 fully saturated rings. The number of halogens is 1. The number of carbonyl (C=O) groups is 2. The van der Waals surface area contributed by atoms with Gasteiger partial charge in [-0.15, -0.1) is 12.4 Å². The van der Waals surface area contributed by atoms with Crippen molar-refractivity contribution in [3.8, 4) is 0 Å². The predicted octanol–water partition coefficient (Wildman–Crippen LogP) is 2.78. The number of hydrogen-bond acceptors (Lipinski definition) is 3. The molecule has 0 aromatic carbocycles. The van der Waals surface area contributed by atoms with E-state index in [9.17, 15) is 9.59 Å². The summed E-state index contributed by atoms with van der Waals surface area (Å²) in [6, 6.07) is 0.280. The van der Waals surface area contributed by atoms with E-state index < -0.39 is 0 Å². The van der Waals surface area contributed by atoms with Gasteiger partial charge in [0.25, 0.3) is 0 Å². The predicted molar refractivity (Wildman–Crippen MR) is 106 cm³/mol. The summed E-state index contributed by atoms with van der Waals surface area (Å²) in [4.78, 5) is 24.5. The summed E-state index contributed by atoms with van der Waals surface area (Å²) in [5.74, 6) is 1.93. The maximum Gasteiger partial charge on any atom is 0.223 e. The highest BCUT2D eigenvalue weighted by molar-refractivity contribution is 5.85. The van der Waals surface area contributed by atoms with Crippen LogP contribution in [0.15, 0.2) is 0 Å². The maximum atomic E-state index is 12.3.